The Morgan fingerprint density at radius 3 is 2.19 bits per heavy atom. The predicted octanol–water partition coefficient (Wildman–Crippen LogP) is 1.16. The number of hydrogen-bond donors (Lipinski definition) is 2. The van der Waals surface area contributed by atoms with E-state index in [-0.39, 0.29) is 17.7 Å². The first-order chi connectivity index (χ1) is 10.1. The number of amides is 4. The largest absolute Gasteiger partial charge is 0.342 e. The van der Waals surface area contributed by atoms with Gasteiger partial charge >= 0.3 is 6.03 Å². The van der Waals surface area contributed by atoms with Gasteiger partial charge in [-0.2, -0.15) is 0 Å². The summed E-state index contributed by atoms with van der Waals surface area (Å²) in [6.45, 7) is 1.12. The van der Waals surface area contributed by atoms with E-state index in [0.29, 0.717) is 25.9 Å². The van der Waals surface area contributed by atoms with Crippen molar-refractivity contribution >= 4 is 17.8 Å². The molecular weight excluding hydrogens is 270 g/mol. The molecule has 6 heteroatoms. The van der Waals surface area contributed by atoms with Crippen LogP contribution in [0.25, 0.3) is 0 Å². The molecule has 6 nitrogen and oxygen atoms in total. The highest BCUT2D eigenvalue weighted by Crippen LogP contribution is 2.29. The first-order valence-corrected chi connectivity index (χ1v) is 8.03. The van der Waals surface area contributed by atoms with Crippen molar-refractivity contribution in [3.8, 4) is 0 Å². The highest BCUT2D eigenvalue weighted by atomic mass is 16.2. The van der Waals surface area contributed by atoms with Crippen LogP contribution in [0.15, 0.2) is 0 Å². The van der Waals surface area contributed by atoms with Crippen molar-refractivity contribution in [2.24, 2.45) is 5.92 Å². The molecule has 0 aromatic rings. The quantitative estimate of drug-likeness (QED) is 0.562. The molecule has 4 amide bonds. The number of imide groups is 1. The predicted molar refractivity (Wildman–Crippen MR) is 76.4 cm³/mol. The molecule has 2 saturated heterocycles. The zero-order valence-electron chi connectivity index (χ0n) is 12.3. The van der Waals surface area contributed by atoms with Gasteiger partial charge in [0.05, 0.1) is 0 Å². The van der Waals surface area contributed by atoms with Crippen LogP contribution in [0.2, 0.25) is 0 Å². The molecule has 3 fully saturated rings. The third-order valence-electron chi connectivity index (χ3n) is 5.15. The maximum atomic E-state index is 12.6. The average molecular weight is 293 g/mol. The lowest BCUT2D eigenvalue weighted by molar-refractivity contribution is -0.139. The molecule has 1 spiro atoms. The highest BCUT2D eigenvalue weighted by molar-refractivity contribution is 6.07. The third kappa shape index (κ3) is 2.76. The number of nitrogens with one attached hydrogen (secondary N) is 2. The van der Waals surface area contributed by atoms with Gasteiger partial charge in [0.25, 0.3) is 5.91 Å². The van der Waals surface area contributed by atoms with E-state index in [9.17, 15) is 14.4 Å². The molecule has 1 aliphatic carbocycles. The van der Waals surface area contributed by atoms with E-state index < -0.39 is 11.6 Å². The first-order valence-electron chi connectivity index (χ1n) is 8.03. The molecule has 0 radical (unpaired) electrons. The first kappa shape index (κ1) is 14.4. The number of hydrogen-bond acceptors (Lipinski definition) is 3. The number of urea groups is 1. The Morgan fingerprint density at radius 2 is 1.67 bits per heavy atom. The molecule has 0 aromatic heterocycles. The van der Waals surface area contributed by atoms with Gasteiger partial charge in [-0.15, -0.1) is 0 Å². The second kappa shape index (κ2) is 5.66. The van der Waals surface area contributed by atoms with Crippen molar-refractivity contribution in [2.75, 3.05) is 13.1 Å². The molecule has 0 bridgehead atoms. The maximum Gasteiger partial charge on any atom is 0.322 e. The van der Waals surface area contributed by atoms with Crippen molar-refractivity contribution in [3.63, 3.8) is 0 Å². The van der Waals surface area contributed by atoms with Crippen LogP contribution in [0, 0.1) is 5.92 Å². The molecular formula is C15H23N3O3. The van der Waals surface area contributed by atoms with Crippen molar-refractivity contribution in [1.29, 1.82) is 0 Å². The molecule has 3 aliphatic rings. The van der Waals surface area contributed by atoms with E-state index in [0.717, 1.165) is 25.7 Å². The summed E-state index contributed by atoms with van der Waals surface area (Å²) in [4.78, 5) is 37.7. The van der Waals surface area contributed by atoms with E-state index in [1.54, 1.807) is 0 Å². The number of carbonyl (C=O) groups is 3. The lowest BCUT2D eigenvalue weighted by Gasteiger charge is -2.38. The summed E-state index contributed by atoms with van der Waals surface area (Å²) in [6.07, 6.45) is 7.79. The zero-order chi connectivity index (χ0) is 14.9. The van der Waals surface area contributed by atoms with Crippen molar-refractivity contribution in [2.45, 2.75) is 56.9 Å². The monoisotopic (exact) mass is 293 g/mol. The summed E-state index contributed by atoms with van der Waals surface area (Å²) >= 11 is 0. The van der Waals surface area contributed by atoms with Gasteiger partial charge in [0.1, 0.15) is 5.54 Å². The highest BCUT2D eigenvalue weighted by Gasteiger charge is 2.48. The Bertz CT molecular complexity index is 447. The van der Waals surface area contributed by atoms with E-state index in [4.69, 9.17) is 0 Å². The Balaban J connectivity index is 1.59. The van der Waals surface area contributed by atoms with Crippen molar-refractivity contribution < 1.29 is 14.4 Å². The second-order valence-corrected chi connectivity index (χ2v) is 6.50. The van der Waals surface area contributed by atoms with Crippen LogP contribution in [-0.4, -0.2) is 41.4 Å². The van der Waals surface area contributed by atoms with Gasteiger partial charge < -0.3 is 10.2 Å². The molecule has 2 heterocycles. The smallest absolute Gasteiger partial charge is 0.322 e. The minimum atomic E-state index is -0.780. The van der Waals surface area contributed by atoms with Crippen LogP contribution in [0.1, 0.15) is 51.4 Å². The number of nitrogens with zero attached hydrogens (tertiary/aromatic N) is 1. The van der Waals surface area contributed by atoms with Crippen LogP contribution in [0.3, 0.4) is 0 Å². The standard InChI is InChI=1S/C15H23N3O3/c19-12(11-5-3-1-2-4-6-11)18-9-7-15(8-10-18)13(20)16-14(21)17-15/h11H,1-10H2,(H2,16,17,20,21). The fourth-order valence-electron chi connectivity index (χ4n) is 3.77. The minimum absolute atomic E-state index is 0.161. The van der Waals surface area contributed by atoms with E-state index in [1.165, 1.54) is 12.8 Å². The molecule has 116 valence electrons. The Labute approximate surface area is 124 Å². The van der Waals surface area contributed by atoms with Gasteiger partial charge in [-0.05, 0) is 25.7 Å². The minimum Gasteiger partial charge on any atom is -0.342 e. The van der Waals surface area contributed by atoms with Gasteiger partial charge in [-0.1, -0.05) is 25.7 Å². The van der Waals surface area contributed by atoms with Gasteiger partial charge in [-0.3, -0.25) is 14.9 Å². The topological polar surface area (TPSA) is 78.5 Å². The third-order valence-corrected chi connectivity index (χ3v) is 5.15. The SMILES string of the molecule is O=C1NC(=O)C2(CCN(C(=O)C3CCCCCC3)CC2)N1. The number of piperidine rings is 1. The van der Waals surface area contributed by atoms with Crippen LogP contribution in [0.5, 0.6) is 0 Å². The molecule has 0 unspecified atom stereocenters. The van der Waals surface area contributed by atoms with E-state index in [1.807, 2.05) is 4.90 Å². The van der Waals surface area contributed by atoms with Gasteiger partial charge in [0.2, 0.25) is 5.91 Å². The molecule has 2 aliphatic heterocycles. The molecule has 3 rings (SSSR count). The number of carbonyl (C=O) groups excluding carboxylic acids is 3. The van der Waals surface area contributed by atoms with Gasteiger partial charge in [0, 0.05) is 19.0 Å². The average Bonchev–Trinajstić information content (AvgIpc) is 2.68. The molecule has 1 saturated carbocycles. The lowest BCUT2D eigenvalue weighted by Crippen LogP contribution is -2.56. The Morgan fingerprint density at radius 1 is 1.05 bits per heavy atom. The summed E-state index contributed by atoms with van der Waals surface area (Å²) in [5.41, 5.74) is -0.780. The van der Waals surface area contributed by atoms with Crippen molar-refractivity contribution in [1.82, 2.24) is 15.5 Å². The molecule has 0 atom stereocenters. The van der Waals surface area contributed by atoms with Crippen molar-refractivity contribution in [3.05, 3.63) is 0 Å². The van der Waals surface area contributed by atoms with E-state index >= 15 is 0 Å². The van der Waals surface area contributed by atoms with Crippen LogP contribution >= 0.6 is 0 Å². The van der Waals surface area contributed by atoms with Gasteiger partial charge in [0.15, 0.2) is 0 Å². The zero-order valence-corrected chi connectivity index (χ0v) is 12.3. The summed E-state index contributed by atoms with van der Waals surface area (Å²) in [5.74, 6) is 0.166. The Hall–Kier alpha value is -1.59. The maximum absolute atomic E-state index is 12.6. The number of likely N-dealkylation sites (tertiary alicyclic amines) is 1. The fourth-order valence-corrected chi connectivity index (χ4v) is 3.77. The Kier molecular flexibility index (Phi) is 3.87. The molecule has 2 N–H and O–H groups in total. The summed E-state index contributed by atoms with van der Waals surface area (Å²) in [7, 11) is 0. The van der Waals surface area contributed by atoms with Gasteiger partial charge in [-0.25, -0.2) is 4.79 Å². The normalized spacial score (nSPS) is 26.4. The number of rotatable bonds is 1. The van der Waals surface area contributed by atoms with Crippen LogP contribution < -0.4 is 10.6 Å². The molecule has 21 heavy (non-hydrogen) atoms. The second-order valence-electron chi connectivity index (χ2n) is 6.50. The van der Waals surface area contributed by atoms with Crippen LogP contribution in [-0.2, 0) is 9.59 Å². The summed E-state index contributed by atoms with van der Waals surface area (Å²) in [5, 5.41) is 5.03. The van der Waals surface area contributed by atoms with E-state index in [2.05, 4.69) is 10.6 Å². The fraction of sp³-hybridized carbons (Fsp3) is 0.800. The lowest BCUT2D eigenvalue weighted by atomic mass is 9.86. The summed E-state index contributed by atoms with van der Waals surface area (Å²) < 4.78 is 0. The summed E-state index contributed by atoms with van der Waals surface area (Å²) in [6, 6.07) is -0.413. The van der Waals surface area contributed by atoms with Crippen LogP contribution in [0.4, 0.5) is 4.79 Å². The molecule has 0 aromatic carbocycles.